The summed E-state index contributed by atoms with van der Waals surface area (Å²) in [7, 11) is 0. The number of nitrogens with one attached hydrogen (secondary N) is 1. The van der Waals surface area contributed by atoms with Gasteiger partial charge in [0.2, 0.25) is 0 Å². The zero-order valence-electron chi connectivity index (χ0n) is 22.6. The molecule has 4 heteroatoms. The van der Waals surface area contributed by atoms with E-state index in [1.54, 1.807) is 5.57 Å². The van der Waals surface area contributed by atoms with E-state index in [0.717, 1.165) is 54.6 Å². The number of allylic oxidation sites excluding steroid dienone is 4. The van der Waals surface area contributed by atoms with Crippen molar-refractivity contribution in [1.82, 2.24) is 5.43 Å². The molecule has 0 radical (unpaired) electrons. The van der Waals surface area contributed by atoms with Gasteiger partial charge in [-0.25, -0.2) is 10.2 Å². The summed E-state index contributed by atoms with van der Waals surface area (Å²) in [6, 6.07) is -0.570. The van der Waals surface area contributed by atoms with E-state index in [-0.39, 0.29) is 0 Å². The second kappa shape index (κ2) is 9.82. The van der Waals surface area contributed by atoms with Crippen LogP contribution in [-0.4, -0.2) is 11.7 Å². The Morgan fingerprint density at radius 2 is 1.94 bits per heavy atom. The average molecular weight is 468 g/mol. The highest BCUT2D eigenvalue weighted by Crippen LogP contribution is 2.67. The quantitative estimate of drug-likeness (QED) is 0.309. The molecule has 0 bridgehead atoms. The van der Waals surface area contributed by atoms with Crippen LogP contribution in [0, 0.1) is 52.3 Å². The number of amides is 2. The third-order valence-electron chi connectivity index (χ3n) is 11.0. The molecule has 2 amide bonds. The number of hydrogen-bond donors (Lipinski definition) is 2. The van der Waals surface area contributed by atoms with E-state index in [0.29, 0.717) is 22.7 Å². The highest BCUT2D eigenvalue weighted by Gasteiger charge is 2.58. The highest BCUT2D eigenvalue weighted by atomic mass is 16.2. The molecular formula is C30H49N3O. The number of nitrogens with zero attached hydrogens (tertiary/aromatic N) is 1. The summed E-state index contributed by atoms with van der Waals surface area (Å²) < 4.78 is 0. The third-order valence-corrected chi connectivity index (χ3v) is 11.0. The Bertz CT molecular complexity index is 857. The predicted octanol–water partition coefficient (Wildman–Crippen LogP) is 7.46. The molecule has 0 aliphatic heterocycles. The fourth-order valence-electron chi connectivity index (χ4n) is 8.90. The molecule has 4 aliphatic carbocycles. The molecule has 8 atom stereocenters. The van der Waals surface area contributed by atoms with Crippen molar-refractivity contribution in [3.8, 4) is 0 Å². The Kier molecular flexibility index (Phi) is 7.37. The van der Waals surface area contributed by atoms with Crippen LogP contribution < -0.4 is 11.2 Å². The first-order valence-electron chi connectivity index (χ1n) is 14.1. The molecular weight excluding hydrogens is 418 g/mol. The normalized spacial score (nSPS) is 40.4. The van der Waals surface area contributed by atoms with E-state index in [4.69, 9.17) is 5.73 Å². The van der Waals surface area contributed by atoms with Gasteiger partial charge in [-0.05, 0) is 104 Å². The monoisotopic (exact) mass is 467 g/mol. The van der Waals surface area contributed by atoms with E-state index < -0.39 is 6.03 Å². The predicted molar refractivity (Wildman–Crippen MR) is 142 cm³/mol. The van der Waals surface area contributed by atoms with Crippen molar-refractivity contribution in [2.75, 3.05) is 0 Å². The van der Waals surface area contributed by atoms with Gasteiger partial charge in [-0.15, -0.1) is 0 Å². The third kappa shape index (κ3) is 4.51. The standard InChI is InChI=1S/C30H49N3O/c1-7-21(19(2)3)9-8-20(4)25-12-13-26-24-11-10-22-18-23(32-33-28(31)34)14-16-29(22,5)27(24)15-17-30(25,26)6/h8-10,19-21,24-27H,7,11-18H2,1-6H3,(H3,31,33,34)/b9-8-,32-23+/t20-,21+,24+,25-,26+,27+,29+,30-/m1/s1. The van der Waals surface area contributed by atoms with Gasteiger partial charge in [0.25, 0.3) is 0 Å². The second-order valence-electron chi connectivity index (χ2n) is 12.9. The minimum absolute atomic E-state index is 0.297. The number of fused-ring (bicyclic) bond motifs is 5. The maximum Gasteiger partial charge on any atom is 0.332 e. The molecule has 4 rings (SSSR count). The molecule has 4 nitrogen and oxygen atoms in total. The Hall–Kier alpha value is -1.58. The second-order valence-corrected chi connectivity index (χ2v) is 12.9. The molecule has 0 aromatic carbocycles. The number of nitrogens with two attached hydrogens (primary N) is 1. The van der Waals surface area contributed by atoms with Crippen LogP contribution in [-0.2, 0) is 0 Å². The lowest BCUT2D eigenvalue weighted by atomic mass is 9.47. The van der Waals surface area contributed by atoms with Crippen LogP contribution in [0.15, 0.2) is 28.9 Å². The van der Waals surface area contributed by atoms with Gasteiger partial charge in [0.05, 0.1) is 0 Å². The summed E-state index contributed by atoms with van der Waals surface area (Å²) in [6.07, 6.45) is 18.8. The van der Waals surface area contributed by atoms with Crippen molar-refractivity contribution >= 4 is 11.7 Å². The molecule has 4 aliphatic rings. The summed E-state index contributed by atoms with van der Waals surface area (Å²) >= 11 is 0. The first-order chi connectivity index (χ1) is 16.1. The molecule has 0 spiro atoms. The first kappa shape index (κ1) is 25.5. The summed E-state index contributed by atoms with van der Waals surface area (Å²) in [5, 5.41) is 4.29. The number of rotatable bonds is 6. The highest BCUT2D eigenvalue weighted by molar-refractivity contribution is 5.89. The van der Waals surface area contributed by atoms with Crippen LogP contribution in [0.3, 0.4) is 0 Å². The Balaban J connectivity index is 1.50. The van der Waals surface area contributed by atoms with Gasteiger partial charge < -0.3 is 5.73 Å². The van der Waals surface area contributed by atoms with Gasteiger partial charge in [-0.1, -0.05) is 65.3 Å². The summed E-state index contributed by atoms with van der Waals surface area (Å²) in [5.41, 5.74) is 11.1. The lowest BCUT2D eigenvalue weighted by Crippen LogP contribution is -2.50. The Labute approximate surface area is 208 Å². The van der Waals surface area contributed by atoms with Crippen LogP contribution in [0.5, 0.6) is 0 Å². The number of urea groups is 1. The SMILES string of the molecule is CC[C@@H](/C=C\[C@@H](C)[C@H]1CC[C@H]2[C@@H]3CC=C4C/C(=N/NC(N)=O)CC[C@]4(C)[C@H]3CC[C@]12C)C(C)C. The van der Waals surface area contributed by atoms with Gasteiger partial charge >= 0.3 is 6.03 Å². The van der Waals surface area contributed by atoms with Crippen molar-refractivity contribution in [1.29, 1.82) is 0 Å². The number of hydrogen-bond acceptors (Lipinski definition) is 2. The first-order valence-corrected chi connectivity index (χ1v) is 14.1. The van der Waals surface area contributed by atoms with Gasteiger partial charge in [-0.3, -0.25) is 0 Å². The topological polar surface area (TPSA) is 67.5 Å². The Morgan fingerprint density at radius 3 is 2.62 bits per heavy atom. The van der Waals surface area contributed by atoms with Crippen LogP contribution in [0.2, 0.25) is 0 Å². The van der Waals surface area contributed by atoms with E-state index in [9.17, 15) is 4.79 Å². The fourth-order valence-corrected chi connectivity index (χ4v) is 8.90. The van der Waals surface area contributed by atoms with Crippen LogP contribution in [0.25, 0.3) is 0 Å². The van der Waals surface area contributed by atoms with Crippen LogP contribution in [0.1, 0.15) is 99.3 Å². The van der Waals surface area contributed by atoms with Crippen LogP contribution >= 0.6 is 0 Å². The smallest absolute Gasteiger partial charge is 0.332 e. The lowest BCUT2D eigenvalue weighted by molar-refractivity contribution is -0.0428. The minimum Gasteiger partial charge on any atom is -0.350 e. The van der Waals surface area contributed by atoms with Crippen molar-refractivity contribution in [2.45, 2.75) is 99.3 Å². The molecule has 0 aromatic rings. The number of hydrazone groups is 1. The molecule has 3 saturated carbocycles. The van der Waals surface area contributed by atoms with E-state index >= 15 is 0 Å². The zero-order chi connectivity index (χ0) is 24.7. The van der Waals surface area contributed by atoms with Gasteiger partial charge in [0, 0.05) is 12.1 Å². The molecule has 190 valence electrons. The maximum absolute atomic E-state index is 11.1. The number of primary amides is 1. The molecule has 0 unspecified atom stereocenters. The zero-order valence-corrected chi connectivity index (χ0v) is 22.6. The molecule has 34 heavy (non-hydrogen) atoms. The summed E-state index contributed by atoms with van der Waals surface area (Å²) in [4.78, 5) is 11.1. The minimum atomic E-state index is -0.570. The molecule has 0 heterocycles. The maximum atomic E-state index is 11.1. The molecule has 0 saturated heterocycles. The van der Waals surface area contributed by atoms with Crippen molar-refractivity contribution in [3.05, 3.63) is 23.8 Å². The molecule has 3 N–H and O–H groups in total. The van der Waals surface area contributed by atoms with Gasteiger partial charge in [0.1, 0.15) is 0 Å². The molecule has 0 aromatic heterocycles. The summed E-state index contributed by atoms with van der Waals surface area (Å²) in [5.74, 6) is 5.43. The number of carbonyl (C=O) groups excluding carboxylic acids is 1. The van der Waals surface area contributed by atoms with Crippen molar-refractivity contribution in [2.24, 2.45) is 63.1 Å². The van der Waals surface area contributed by atoms with Crippen molar-refractivity contribution < 1.29 is 4.79 Å². The Morgan fingerprint density at radius 1 is 1.18 bits per heavy atom. The van der Waals surface area contributed by atoms with Crippen molar-refractivity contribution in [3.63, 3.8) is 0 Å². The molecule has 3 fully saturated rings. The lowest BCUT2D eigenvalue weighted by Gasteiger charge is -2.58. The van der Waals surface area contributed by atoms with Gasteiger partial charge in [0.15, 0.2) is 0 Å². The van der Waals surface area contributed by atoms with E-state index in [2.05, 4.69) is 70.3 Å². The average Bonchev–Trinajstić information content (AvgIpc) is 3.15. The fraction of sp³-hybridized carbons (Fsp3) is 0.800. The largest absolute Gasteiger partial charge is 0.350 e. The number of carbonyl (C=O) groups is 1. The van der Waals surface area contributed by atoms with E-state index in [1.807, 2.05) is 0 Å². The van der Waals surface area contributed by atoms with Gasteiger partial charge in [-0.2, -0.15) is 5.10 Å². The summed E-state index contributed by atoms with van der Waals surface area (Å²) in [6.45, 7) is 14.7. The van der Waals surface area contributed by atoms with Crippen LogP contribution in [0.4, 0.5) is 4.79 Å². The van der Waals surface area contributed by atoms with E-state index in [1.165, 1.54) is 38.5 Å².